The standard InChI is InChI=1S/C38H53NS4/c1-24(2)10-8-12-26(5)18-20-38(21-19-27(6)13-9-11-25(3)4)29-22-33(31-15-14-28(7)40-31)42-36(29)37-30(38)23-34(43-37)32-16-17-35(39)41-32/h14-17,22-27H,8-13,18-21,39H2,1-7H3. The van der Waals surface area contributed by atoms with Gasteiger partial charge in [0, 0.05) is 39.6 Å². The van der Waals surface area contributed by atoms with Gasteiger partial charge in [0.05, 0.1) is 5.00 Å². The lowest BCUT2D eigenvalue weighted by molar-refractivity contribution is 0.328. The van der Waals surface area contributed by atoms with Gasteiger partial charge in [-0.05, 0) is 104 Å². The van der Waals surface area contributed by atoms with E-state index in [0.29, 0.717) is 0 Å². The molecule has 1 aliphatic rings. The SMILES string of the molecule is Cc1ccc(-c2cc3c(s2)-c2sc(-c4ccc(N)s4)cc2C3(CCC(C)CCCC(C)C)CCC(C)CCCC(C)C)s1. The molecule has 4 aromatic rings. The first-order valence-corrected chi connectivity index (χ1v) is 20.0. The Hall–Kier alpha value is -1.40. The van der Waals surface area contributed by atoms with Crippen molar-refractivity contribution in [2.24, 2.45) is 23.7 Å². The number of rotatable bonds is 16. The largest absolute Gasteiger partial charge is 0.391 e. The van der Waals surface area contributed by atoms with Crippen LogP contribution in [-0.4, -0.2) is 0 Å². The Kier molecular flexibility index (Phi) is 11.0. The van der Waals surface area contributed by atoms with Crippen molar-refractivity contribution in [3.8, 4) is 29.3 Å². The molecule has 0 amide bonds. The van der Waals surface area contributed by atoms with E-state index in [1.165, 1.54) is 88.6 Å². The van der Waals surface area contributed by atoms with Crippen LogP contribution in [0.2, 0.25) is 0 Å². The van der Waals surface area contributed by atoms with E-state index in [4.69, 9.17) is 5.73 Å². The van der Waals surface area contributed by atoms with Crippen LogP contribution >= 0.6 is 45.3 Å². The van der Waals surface area contributed by atoms with Gasteiger partial charge >= 0.3 is 0 Å². The predicted molar refractivity (Wildman–Crippen MR) is 198 cm³/mol. The molecule has 4 aromatic heterocycles. The Labute approximate surface area is 278 Å². The van der Waals surface area contributed by atoms with Crippen molar-refractivity contribution >= 4 is 50.3 Å². The van der Waals surface area contributed by atoms with Gasteiger partial charge in [-0.1, -0.05) is 80.1 Å². The van der Waals surface area contributed by atoms with Crippen LogP contribution in [0.15, 0.2) is 36.4 Å². The first-order chi connectivity index (χ1) is 20.6. The lowest BCUT2D eigenvalue weighted by atomic mass is 9.69. The molecule has 0 aromatic carbocycles. The minimum atomic E-state index is 0.113. The second-order valence-corrected chi connectivity index (χ2v) is 18.8. The predicted octanol–water partition coefficient (Wildman–Crippen LogP) is 13.9. The van der Waals surface area contributed by atoms with Crippen molar-refractivity contribution in [3.05, 3.63) is 52.4 Å². The van der Waals surface area contributed by atoms with Gasteiger partial charge in [-0.3, -0.25) is 0 Å². The smallest absolute Gasteiger partial charge is 0.0863 e. The van der Waals surface area contributed by atoms with Crippen LogP contribution < -0.4 is 5.73 Å². The molecule has 0 saturated carbocycles. The third-order valence-corrected chi connectivity index (χ3v) is 14.4. The van der Waals surface area contributed by atoms with E-state index >= 15 is 0 Å². The monoisotopic (exact) mass is 651 g/mol. The lowest BCUT2D eigenvalue weighted by Crippen LogP contribution is -2.26. The van der Waals surface area contributed by atoms with Gasteiger partial charge in [0.1, 0.15) is 0 Å². The molecule has 234 valence electrons. The summed E-state index contributed by atoms with van der Waals surface area (Å²) in [6, 6.07) is 14.1. The van der Waals surface area contributed by atoms with Gasteiger partial charge < -0.3 is 5.73 Å². The minimum absolute atomic E-state index is 0.113. The molecule has 2 unspecified atom stereocenters. The summed E-state index contributed by atoms with van der Waals surface area (Å²) in [4.78, 5) is 10.1. The van der Waals surface area contributed by atoms with E-state index in [2.05, 4.69) is 84.9 Å². The highest BCUT2D eigenvalue weighted by molar-refractivity contribution is 7.29. The number of hydrogen-bond donors (Lipinski definition) is 1. The number of nitrogens with two attached hydrogens (primary N) is 1. The van der Waals surface area contributed by atoms with Crippen molar-refractivity contribution in [1.29, 1.82) is 0 Å². The second kappa shape index (κ2) is 14.4. The Bertz CT molecular complexity index is 1350. The van der Waals surface area contributed by atoms with E-state index in [1.807, 2.05) is 34.0 Å². The zero-order valence-corrected chi connectivity index (χ0v) is 30.8. The number of hydrogen-bond acceptors (Lipinski definition) is 5. The fraction of sp³-hybridized carbons (Fsp3) is 0.579. The zero-order valence-electron chi connectivity index (χ0n) is 27.6. The molecule has 5 heteroatoms. The number of thiophene rings is 4. The summed E-state index contributed by atoms with van der Waals surface area (Å²) >= 11 is 7.75. The molecule has 0 aliphatic heterocycles. The highest BCUT2D eigenvalue weighted by Crippen LogP contribution is 2.62. The average molecular weight is 652 g/mol. The number of aryl methyl sites for hydroxylation is 1. The van der Waals surface area contributed by atoms with Crippen LogP contribution in [0.25, 0.3) is 29.3 Å². The molecule has 2 atom stereocenters. The van der Waals surface area contributed by atoms with Crippen LogP contribution in [0.1, 0.15) is 122 Å². The maximum Gasteiger partial charge on any atom is 0.0863 e. The highest BCUT2D eigenvalue weighted by atomic mass is 32.1. The highest BCUT2D eigenvalue weighted by Gasteiger charge is 2.46. The Balaban J connectivity index is 1.52. The Morgan fingerprint density at radius 1 is 0.581 bits per heavy atom. The van der Waals surface area contributed by atoms with Gasteiger partial charge in [-0.25, -0.2) is 0 Å². The van der Waals surface area contributed by atoms with Gasteiger partial charge in [0.2, 0.25) is 0 Å². The normalized spacial score (nSPS) is 17.6. The molecule has 0 bridgehead atoms. The van der Waals surface area contributed by atoms with Crippen molar-refractivity contribution < 1.29 is 0 Å². The molecule has 4 heterocycles. The number of anilines is 1. The summed E-state index contributed by atoms with van der Waals surface area (Å²) in [6.45, 7) is 16.7. The maximum atomic E-state index is 6.21. The molecule has 0 spiro atoms. The third-order valence-electron chi connectivity index (χ3n) is 9.64. The van der Waals surface area contributed by atoms with Gasteiger partial charge in [0.25, 0.3) is 0 Å². The van der Waals surface area contributed by atoms with Crippen LogP contribution in [0.4, 0.5) is 5.00 Å². The molecule has 0 radical (unpaired) electrons. The molecule has 1 nitrogen and oxygen atoms in total. The number of fused-ring (bicyclic) bond motifs is 3. The topological polar surface area (TPSA) is 26.0 Å². The van der Waals surface area contributed by atoms with E-state index < -0.39 is 0 Å². The van der Waals surface area contributed by atoms with Crippen molar-refractivity contribution in [2.45, 2.75) is 118 Å². The number of nitrogen functional groups attached to an aromatic ring is 1. The van der Waals surface area contributed by atoms with Crippen molar-refractivity contribution in [1.82, 2.24) is 0 Å². The van der Waals surface area contributed by atoms with Gasteiger partial charge in [-0.15, -0.1) is 45.3 Å². The van der Waals surface area contributed by atoms with Crippen LogP contribution in [0, 0.1) is 30.6 Å². The summed E-state index contributed by atoms with van der Waals surface area (Å²) in [6.07, 6.45) is 13.3. The van der Waals surface area contributed by atoms with E-state index in [9.17, 15) is 0 Å². The summed E-state index contributed by atoms with van der Waals surface area (Å²) in [5.74, 6) is 3.13. The molecule has 43 heavy (non-hydrogen) atoms. The fourth-order valence-corrected chi connectivity index (χ4v) is 11.4. The first-order valence-electron chi connectivity index (χ1n) is 16.8. The first kappa shape index (κ1) is 33.0. The summed E-state index contributed by atoms with van der Waals surface area (Å²) in [5.41, 5.74) is 9.59. The molecule has 1 aliphatic carbocycles. The van der Waals surface area contributed by atoms with E-state index in [-0.39, 0.29) is 5.41 Å². The zero-order chi connectivity index (χ0) is 30.7. The molecule has 2 N–H and O–H groups in total. The quantitative estimate of drug-likeness (QED) is 0.128. The lowest BCUT2D eigenvalue weighted by Gasteiger charge is -2.33. The fourth-order valence-electron chi connectivity index (χ4n) is 6.96. The van der Waals surface area contributed by atoms with Crippen LogP contribution in [-0.2, 0) is 5.41 Å². The van der Waals surface area contributed by atoms with Crippen molar-refractivity contribution in [2.75, 3.05) is 5.73 Å². The van der Waals surface area contributed by atoms with Crippen LogP contribution in [0.3, 0.4) is 0 Å². The van der Waals surface area contributed by atoms with Gasteiger partial charge in [-0.2, -0.15) is 0 Å². The van der Waals surface area contributed by atoms with Gasteiger partial charge in [0.15, 0.2) is 0 Å². The van der Waals surface area contributed by atoms with Crippen molar-refractivity contribution in [3.63, 3.8) is 0 Å². The summed E-state index contributed by atoms with van der Waals surface area (Å²) < 4.78 is 0. The molecular weight excluding hydrogens is 599 g/mol. The van der Waals surface area contributed by atoms with Crippen LogP contribution in [0.5, 0.6) is 0 Å². The third kappa shape index (κ3) is 7.71. The summed E-state index contributed by atoms with van der Waals surface area (Å²) in [5, 5.41) is 0.910. The molecule has 5 rings (SSSR count). The Morgan fingerprint density at radius 2 is 1.07 bits per heavy atom. The average Bonchev–Trinajstić information content (AvgIpc) is 3.75. The molecule has 0 fully saturated rings. The summed E-state index contributed by atoms with van der Waals surface area (Å²) in [7, 11) is 0. The minimum Gasteiger partial charge on any atom is -0.391 e. The Morgan fingerprint density at radius 3 is 1.49 bits per heavy atom. The van der Waals surface area contributed by atoms with E-state index in [1.54, 1.807) is 32.2 Å². The molecule has 0 saturated heterocycles. The maximum absolute atomic E-state index is 6.21. The van der Waals surface area contributed by atoms with E-state index in [0.717, 1.165) is 28.7 Å². The second-order valence-electron chi connectivity index (χ2n) is 14.3. The molecular formula is C38H53NS4.